The summed E-state index contributed by atoms with van der Waals surface area (Å²) in [6, 6.07) is 16.4. The van der Waals surface area contributed by atoms with Gasteiger partial charge < -0.3 is 4.98 Å². The van der Waals surface area contributed by atoms with Gasteiger partial charge in [-0.3, -0.25) is 0 Å². The second-order valence-electron chi connectivity index (χ2n) is 4.59. The summed E-state index contributed by atoms with van der Waals surface area (Å²) in [5, 5.41) is 10.1. The number of fused-ring (bicyclic) bond motifs is 1. The molecule has 0 atom stereocenters. The number of nitrogens with zero attached hydrogens (tertiary/aromatic N) is 1. The maximum atomic E-state index is 8.94. The second kappa shape index (κ2) is 5.44. The van der Waals surface area contributed by atoms with Gasteiger partial charge in [0.2, 0.25) is 0 Å². The number of H-pyrrole nitrogens is 1. The van der Waals surface area contributed by atoms with Crippen LogP contribution in [0.1, 0.15) is 18.1 Å². The van der Waals surface area contributed by atoms with E-state index >= 15 is 0 Å². The van der Waals surface area contributed by atoms with Crippen LogP contribution in [0, 0.1) is 11.3 Å². The predicted molar refractivity (Wildman–Crippen MR) is 83.0 cm³/mol. The van der Waals surface area contributed by atoms with E-state index in [0.29, 0.717) is 5.56 Å². The molecule has 0 saturated carbocycles. The molecule has 0 fully saturated rings. The number of aryl methyl sites for hydroxylation is 1. The molecular formula is C17H14N2S. The molecule has 0 spiro atoms. The summed E-state index contributed by atoms with van der Waals surface area (Å²) in [5.74, 6) is 0. The molecule has 0 aliphatic rings. The van der Waals surface area contributed by atoms with Crippen molar-refractivity contribution in [3.8, 4) is 6.07 Å². The van der Waals surface area contributed by atoms with Crippen molar-refractivity contribution in [3.63, 3.8) is 0 Å². The Labute approximate surface area is 122 Å². The van der Waals surface area contributed by atoms with E-state index in [-0.39, 0.29) is 0 Å². The minimum Gasteiger partial charge on any atom is -0.360 e. The zero-order valence-corrected chi connectivity index (χ0v) is 12.0. The van der Waals surface area contributed by atoms with Crippen LogP contribution in [0.2, 0.25) is 0 Å². The van der Waals surface area contributed by atoms with Crippen LogP contribution in [-0.4, -0.2) is 4.98 Å². The van der Waals surface area contributed by atoms with Gasteiger partial charge in [-0.05, 0) is 30.2 Å². The largest absolute Gasteiger partial charge is 0.360 e. The molecular weight excluding hydrogens is 264 g/mol. The predicted octanol–water partition coefficient (Wildman–Crippen LogP) is 4.75. The number of benzene rings is 2. The van der Waals surface area contributed by atoms with Crippen LogP contribution in [0.15, 0.2) is 58.5 Å². The maximum absolute atomic E-state index is 8.94. The zero-order valence-electron chi connectivity index (χ0n) is 11.2. The second-order valence-corrected chi connectivity index (χ2v) is 5.67. The highest BCUT2D eigenvalue weighted by Gasteiger charge is 2.08. The summed E-state index contributed by atoms with van der Waals surface area (Å²) in [6.45, 7) is 2.17. The van der Waals surface area contributed by atoms with Gasteiger partial charge in [-0.25, -0.2) is 0 Å². The third-order valence-corrected chi connectivity index (χ3v) is 4.52. The lowest BCUT2D eigenvalue weighted by Crippen LogP contribution is -1.83. The van der Waals surface area contributed by atoms with Crippen molar-refractivity contribution in [2.45, 2.75) is 23.1 Å². The first-order valence-electron chi connectivity index (χ1n) is 6.59. The van der Waals surface area contributed by atoms with Gasteiger partial charge in [0.15, 0.2) is 0 Å². The molecule has 0 aliphatic carbocycles. The van der Waals surface area contributed by atoms with Crippen LogP contribution < -0.4 is 0 Å². The molecule has 3 heteroatoms. The molecule has 1 heterocycles. The Morgan fingerprint density at radius 2 is 2.00 bits per heavy atom. The molecule has 0 unspecified atom stereocenters. The van der Waals surface area contributed by atoms with E-state index in [0.717, 1.165) is 11.9 Å². The van der Waals surface area contributed by atoms with Crippen molar-refractivity contribution in [1.82, 2.24) is 4.98 Å². The van der Waals surface area contributed by atoms with E-state index in [1.54, 1.807) is 11.8 Å². The molecule has 0 radical (unpaired) electrons. The smallest absolute Gasteiger partial charge is 0.0992 e. The average molecular weight is 278 g/mol. The number of nitriles is 1. The van der Waals surface area contributed by atoms with Gasteiger partial charge in [0.25, 0.3) is 0 Å². The van der Waals surface area contributed by atoms with Gasteiger partial charge >= 0.3 is 0 Å². The average Bonchev–Trinajstić information content (AvgIpc) is 2.90. The highest BCUT2D eigenvalue weighted by Crippen LogP contribution is 2.35. The molecule has 1 aromatic heterocycles. The van der Waals surface area contributed by atoms with E-state index in [9.17, 15) is 0 Å². The van der Waals surface area contributed by atoms with Gasteiger partial charge in [0.1, 0.15) is 0 Å². The molecule has 2 nitrogen and oxygen atoms in total. The zero-order chi connectivity index (χ0) is 13.9. The quantitative estimate of drug-likeness (QED) is 0.750. The Bertz CT molecular complexity index is 796. The first-order chi connectivity index (χ1) is 9.81. The van der Waals surface area contributed by atoms with E-state index < -0.39 is 0 Å². The monoisotopic (exact) mass is 278 g/mol. The minimum atomic E-state index is 0.685. The number of aromatic nitrogens is 1. The van der Waals surface area contributed by atoms with Crippen molar-refractivity contribution in [2.24, 2.45) is 0 Å². The third-order valence-electron chi connectivity index (χ3n) is 3.35. The normalized spacial score (nSPS) is 10.6. The lowest BCUT2D eigenvalue weighted by atomic mass is 10.2. The summed E-state index contributed by atoms with van der Waals surface area (Å²) < 4.78 is 0. The van der Waals surface area contributed by atoms with Crippen molar-refractivity contribution in [1.29, 1.82) is 5.26 Å². The minimum absolute atomic E-state index is 0.685. The standard InChI is InChI=1S/C17H14N2S/c1-2-13-5-3-4-6-16(13)20-17-11-19-15-9-12(10-18)7-8-14(15)17/h3-9,11,19H,2H2,1H3. The third kappa shape index (κ3) is 2.31. The lowest BCUT2D eigenvalue weighted by molar-refractivity contribution is 1.08. The van der Waals surface area contributed by atoms with Crippen LogP contribution in [0.25, 0.3) is 10.9 Å². The number of hydrogen-bond donors (Lipinski definition) is 1. The maximum Gasteiger partial charge on any atom is 0.0992 e. The van der Waals surface area contributed by atoms with Crippen molar-refractivity contribution < 1.29 is 0 Å². The SMILES string of the molecule is CCc1ccccc1Sc1c[nH]c2cc(C#N)ccc12. The Hall–Kier alpha value is -2.18. The number of hydrogen-bond acceptors (Lipinski definition) is 2. The van der Waals surface area contributed by atoms with Crippen LogP contribution >= 0.6 is 11.8 Å². The summed E-state index contributed by atoms with van der Waals surface area (Å²) in [5.41, 5.74) is 3.06. The first-order valence-corrected chi connectivity index (χ1v) is 7.40. The Morgan fingerprint density at radius 3 is 2.80 bits per heavy atom. The molecule has 0 aliphatic heterocycles. The molecule has 0 amide bonds. The Balaban J connectivity index is 2.01. The van der Waals surface area contributed by atoms with E-state index in [4.69, 9.17) is 5.26 Å². The Kier molecular flexibility index (Phi) is 3.49. The summed E-state index contributed by atoms with van der Waals surface area (Å²) >= 11 is 1.77. The molecule has 98 valence electrons. The topological polar surface area (TPSA) is 39.6 Å². The van der Waals surface area contributed by atoms with Gasteiger partial charge in [0.05, 0.1) is 11.6 Å². The fourth-order valence-electron chi connectivity index (χ4n) is 2.27. The summed E-state index contributed by atoms with van der Waals surface area (Å²) in [7, 11) is 0. The molecule has 1 N–H and O–H groups in total. The Morgan fingerprint density at radius 1 is 1.15 bits per heavy atom. The van der Waals surface area contributed by atoms with Crippen LogP contribution in [0.5, 0.6) is 0 Å². The number of nitrogens with one attached hydrogen (secondary N) is 1. The van der Waals surface area contributed by atoms with Crippen LogP contribution in [0.4, 0.5) is 0 Å². The van der Waals surface area contributed by atoms with Crippen LogP contribution in [0.3, 0.4) is 0 Å². The fraction of sp³-hybridized carbons (Fsp3) is 0.118. The number of rotatable bonds is 3. The summed E-state index contributed by atoms with van der Waals surface area (Å²) in [6.07, 6.45) is 3.05. The van der Waals surface area contributed by atoms with Gasteiger partial charge in [0, 0.05) is 26.9 Å². The highest BCUT2D eigenvalue weighted by molar-refractivity contribution is 7.99. The molecule has 20 heavy (non-hydrogen) atoms. The van der Waals surface area contributed by atoms with E-state index in [1.165, 1.54) is 20.7 Å². The van der Waals surface area contributed by atoms with Crippen molar-refractivity contribution in [3.05, 3.63) is 59.8 Å². The molecule has 3 rings (SSSR count). The van der Waals surface area contributed by atoms with Gasteiger partial charge in [-0.2, -0.15) is 5.26 Å². The lowest BCUT2D eigenvalue weighted by Gasteiger charge is -2.06. The van der Waals surface area contributed by atoms with Crippen molar-refractivity contribution >= 4 is 22.7 Å². The van der Waals surface area contributed by atoms with Crippen molar-refractivity contribution in [2.75, 3.05) is 0 Å². The first kappa shape index (κ1) is 12.8. The van der Waals surface area contributed by atoms with E-state index in [1.807, 2.05) is 24.4 Å². The molecule has 0 saturated heterocycles. The molecule has 3 aromatic rings. The number of aromatic amines is 1. The summed E-state index contributed by atoms with van der Waals surface area (Å²) in [4.78, 5) is 5.74. The van der Waals surface area contributed by atoms with Gasteiger partial charge in [-0.15, -0.1) is 0 Å². The van der Waals surface area contributed by atoms with E-state index in [2.05, 4.69) is 42.2 Å². The highest BCUT2D eigenvalue weighted by atomic mass is 32.2. The molecule has 0 bridgehead atoms. The molecule has 2 aromatic carbocycles. The van der Waals surface area contributed by atoms with Gasteiger partial charge in [-0.1, -0.05) is 43.0 Å². The fourth-order valence-corrected chi connectivity index (χ4v) is 3.40. The van der Waals surface area contributed by atoms with Crippen LogP contribution in [-0.2, 0) is 6.42 Å².